The van der Waals surface area contributed by atoms with E-state index in [-0.39, 0.29) is 18.9 Å². The van der Waals surface area contributed by atoms with Crippen LogP contribution >= 0.6 is 0 Å². The lowest BCUT2D eigenvalue weighted by atomic mass is 9.99. The van der Waals surface area contributed by atoms with Gasteiger partial charge in [-0.2, -0.15) is 0 Å². The molecule has 0 aliphatic carbocycles. The molecule has 1 aromatic heterocycles. The first-order valence-electron chi connectivity index (χ1n) is 13.2. The first-order chi connectivity index (χ1) is 19.5. The molecule has 41 heavy (non-hydrogen) atoms. The molecule has 2 N–H and O–H groups in total. The number of amides is 2. The molecular formula is C32H34N2O7. The van der Waals surface area contributed by atoms with Crippen molar-refractivity contribution in [1.29, 1.82) is 0 Å². The van der Waals surface area contributed by atoms with Crippen LogP contribution in [0.25, 0.3) is 22.1 Å². The zero-order valence-electron chi connectivity index (χ0n) is 23.8. The van der Waals surface area contributed by atoms with Crippen molar-refractivity contribution in [2.45, 2.75) is 52.9 Å². The molecule has 0 unspecified atom stereocenters. The van der Waals surface area contributed by atoms with E-state index in [0.29, 0.717) is 23.5 Å². The van der Waals surface area contributed by atoms with Crippen LogP contribution in [-0.2, 0) is 38.6 Å². The van der Waals surface area contributed by atoms with E-state index in [1.54, 1.807) is 24.5 Å². The Morgan fingerprint density at radius 2 is 1.76 bits per heavy atom. The molecule has 9 heteroatoms. The van der Waals surface area contributed by atoms with E-state index in [1.165, 1.54) is 14.0 Å². The maximum Gasteiger partial charge on any atom is 0.407 e. The molecule has 0 aliphatic heterocycles. The van der Waals surface area contributed by atoms with E-state index in [1.807, 2.05) is 63.2 Å². The van der Waals surface area contributed by atoms with Gasteiger partial charge in [0.2, 0.25) is 5.91 Å². The molecule has 1 heterocycles. The molecule has 214 valence electrons. The number of alkyl carbamates (subject to hydrolysis) is 1. The number of ether oxygens (including phenoxy) is 3. The monoisotopic (exact) mass is 558 g/mol. The first-order valence-corrected chi connectivity index (χ1v) is 13.2. The standard InChI is InChI=1S/C32H34N2O7/c1-20(35)34-26-9-10-28(25(16-26)17-29(36)38-5)40-19-22-14-24-11-12-39-30(24)27(15-22)23-8-6-7-21(13-23)18-33-31(37)41-32(2,3)4/h6-16H,17-19H2,1-5H3,(H,33,37)(H,34,35). The summed E-state index contributed by atoms with van der Waals surface area (Å²) >= 11 is 0. The molecule has 3 aromatic carbocycles. The molecule has 0 bridgehead atoms. The Morgan fingerprint density at radius 3 is 2.49 bits per heavy atom. The highest BCUT2D eigenvalue weighted by molar-refractivity contribution is 5.93. The summed E-state index contributed by atoms with van der Waals surface area (Å²) in [4.78, 5) is 35.7. The number of carbonyl (C=O) groups excluding carboxylic acids is 3. The van der Waals surface area contributed by atoms with Gasteiger partial charge in [0.25, 0.3) is 0 Å². The average Bonchev–Trinajstić information content (AvgIpc) is 3.38. The lowest BCUT2D eigenvalue weighted by Gasteiger charge is -2.19. The topological polar surface area (TPSA) is 116 Å². The molecule has 2 amide bonds. The number of fused-ring (bicyclic) bond motifs is 1. The predicted molar refractivity (Wildman–Crippen MR) is 156 cm³/mol. The second kappa shape index (κ2) is 12.6. The molecule has 0 atom stereocenters. The van der Waals surface area contributed by atoms with Gasteiger partial charge >= 0.3 is 12.1 Å². The van der Waals surface area contributed by atoms with Gasteiger partial charge in [-0.15, -0.1) is 0 Å². The number of anilines is 1. The Morgan fingerprint density at radius 1 is 0.951 bits per heavy atom. The van der Waals surface area contributed by atoms with Crippen LogP contribution < -0.4 is 15.4 Å². The highest BCUT2D eigenvalue weighted by atomic mass is 16.6. The summed E-state index contributed by atoms with van der Waals surface area (Å²) in [5, 5.41) is 6.43. The lowest BCUT2D eigenvalue weighted by Crippen LogP contribution is -2.32. The van der Waals surface area contributed by atoms with Crippen molar-refractivity contribution in [2.24, 2.45) is 0 Å². The largest absolute Gasteiger partial charge is 0.489 e. The van der Waals surface area contributed by atoms with Crippen molar-refractivity contribution in [3.8, 4) is 16.9 Å². The van der Waals surface area contributed by atoms with Crippen molar-refractivity contribution in [2.75, 3.05) is 12.4 Å². The van der Waals surface area contributed by atoms with Crippen LogP contribution in [0.15, 0.2) is 71.3 Å². The summed E-state index contributed by atoms with van der Waals surface area (Å²) in [6.45, 7) is 7.41. The van der Waals surface area contributed by atoms with E-state index < -0.39 is 17.7 Å². The zero-order chi connectivity index (χ0) is 29.6. The van der Waals surface area contributed by atoms with Crippen LogP contribution in [-0.4, -0.2) is 30.7 Å². The quantitative estimate of drug-likeness (QED) is 0.229. The fourth-order valence-electron chi connectivity index (χ4n) is 4.31. The molecular weight excluding hydrogens is 524 g/mol. The lowest BCUT2D eigenvalue weighted by molar-refractivity contribution is -0.139. The summed E-state index contributed by atoms with van der Waals surface area (Å²) in [5.41, 5.74) is 4.90. The first kappa shape index (κ1) is 29.2. The molecule has 4 aromatic rings. The van der Waals surface area contributed by atoms with E-state index in [4.69, 9.17) is 18.6 Å². The van der Waals surface area contributed by atoms with Crippen molar-refractivity contribution in [3.05, 3.63) is 83.6 Å². The molecule has 9 nitrogen and oxygen atoms in total. The number of hydrogen-bond donors (Lipinski definition) is 2. The van der Waals surface area contributed by atoms with Gasteiger partial charge in [-0.3, -0.25) is 9.59 Å². The van der Waals surface area contributed by atoms with Crippen LogP contribution in [0.4, 0.5) is 10.5 Å². The number of nitrogens with one attached hydrogen (secondary N) is 2. The van der Waals surface area contributed by atoms with Crippen molar-refractivity contribution >= 4 is 34.6 Å². The highest BCUT2D eigenvalue weighted by Gasteiger charge is 2.17. The molecule has 0 radical (unpaired) electrons. The fourth-order valence-corrected chi connectivity index (χ4v) is 4.31. The van der Waals surface area contributed by atoms with Crippen LogP contribution in [0.1, 0.15) is 44.4 Å². The Hall–Kier alpha value is -4.79. The van der Waals surface area contributed by atoms with Crippen LogP contribution in [0.3, 0.4) is 0 Å². The van der Waals surface area contributed by atoms with Crippen molar-refractivity contribution in [1.82, 2.24) is 5.32 Å². The third kappa shape index (κ3) is 8.11. The van der Waals surface area contributed by atoms with Crippen LogP contribution in [0.2, 0.25) is 0 Å². The van der Waals surface area contributed by atoms with E-state index >= 15 is 0 Å². The maximum absolute atomic E-state index is 12.1. The summed E-state index contributed by atoms with van der Waals surface area (Å²) in [6.07, 6.45) is 1.16. The number of rotatable bonds is 9. The predicted octanol–water partition coefficient (Wildman–Crippen LogP) is 6.38. The fraction of sp³-hybridized carbons (Fsp3) is 0.281. The third-order valence-electron chi connectivity index (χ3n) is 6.02. The number of carbonyl (C=O) groups is 3. The summed E-state index contributed by atoms with van der Waals surface area (Å²) in [7, 11) is 1.32. The molecule has 0 saturated carbocycles. The molecule has 4 rings (SSSR count). The van der Waals surface area contributed by atoms with Gasteiger partial charge in [0.1, 0.15) is 23.5 Å². The van der Waals surface area contributed by atoms with Gasteiger partial charge in [-0.25, -0.2) is 4.79 Å². The van der Waals surface area contributed by atoms with Gasteiger partial charge in [0.15, 0.2) is 0 Å². The normalized spacial score (nSPS) is 11.1. The number of methoxy groups -OCH3 is 1. The highest BCUT2D eigenvalue weighted by Crippen LogP contribution is 2.33. The molecule has 0 saturated heterocycles. The van der Waals surface area contributed by atoms with Crippen molar-refractivity contribution in [3.63, 3.8) is 0 Å². The van der Waals surface area contributed by atoms with E-state index in [9.17, 15) is 14.4 Å². The SMILES string of the molecule is COC(=O)Cc1cc(NC(C)=O)ccc1OCc1cc(-c2cccc(CNC(=O)OC(C)(C)C)c2)c2occc2c1. The Labute approximate surface area is 238 Å². The Bertz CT molecular complexity index is 1570. The number of esters is 1. The van der Waals surface area contributed by atoms with Crippen molar-refractivity contribution < 1.29 is 33.0 Å². The van der Waals surface area contributed by atoms with Crippen LogP contribution in [0, 0.1) is 0 Å². The van der Waals surface area contributed by atoms with E-state index in [0.717, 1.165) is 33.2 Å². The second-order valence-electron chi connectivity index (χ2n) is 10.6. The molecule has 0 aliphatic rings. The minimum absolute atomic E-state index is 0.00457. The van der Waals surface area contributed by atoms with Gasteiger partial charge in [-0.1, -0.05) is 18.2 Å². The van der Waals surface area contributed by atoms with Crippen LogP contribution in [0.5, 0.6) is 5.75 Å². The van der Waals surface area contributed by atoms with Gasteiger partial charge < -0.3 is 29.3 Å². The Balaban J connectivity index is 1.57. The average molecular weight is 559 g/mol. The minimum atomic E-state index is -0.577. The minimum Gasteiger partial charge on any atom is -0.489 e. The van der Waals surface area contributed by atoms with E-state index in [2.05, 4.69) is 10.6 Å². The summed E-state index contributed by atoms with van der Waals surface area (Å²) in [5.74, 6) is -0.125. The summed E-state index contributed by atoms with van der Waals surface area (Å²) in [6, 6.07) is 18.9. The maximum atomic E-state index is 12.1. The number of hydrogen-bond acceptors (Lipinski definition) is 7. The smallest absolute Gasteiger partial charge is 0.407 e. The third-order valence-corrected chi connectivity index (χ3v) is 6.02. The van der Waals surface area contributed by atoms with Gasteiger partial charge in [-0.05, 0) is 79.9 Å². The number of furan rings is 1. The molecule has 0 fully saturated rings. The number of benzene rings is 3. The van der Waals surface area contributed by atoms with Gasteiger partial charge in [0.05, 0.1) is 19.8 Å². The Kier molecular flexibility index (Phi) is 8.97. The zero-order valence-corrected chi connectivity index (χ0v) is 23.8. The summed E-state index contributed by atoms with van der Waals surface area (Å²) < 4.78 is 22.2. The van der Waals surface area contributed by atoms with Gasteiger partial charge in [0, 0.05) is 35.7 Å². The molecule has 0 spiro atoms. The second-order valence-corrected chi connectivity index (χ2v) is 10.6.